The van der Waals surface area contributed by atoms with Crippen molar-refractivity contribution in [3.05, 3.63) is 59.2 Å². The summed E-state index contributed by atoms with van der Waals surface area (Å²) in [6, 6.07) is 12.5. The predicted octanol–water partition coefficient (Wildman–Crippen LogP) is 4.98. The lowest BCUT2D eigenvalue weighted by atomic mass is 9.97. The van der Waals surface area contributed by atoms with Gasteiger partial charge in [0, 0.05) is 24.3 Å². The average Bonchev–Trinajstić information content (AvgIpc) is 3.02. The molecule has 1 N–H and O–H groups in total. The second-order valence-corrected chi connectivity index (χ2v) is 10.3. The highest BCUT2D eigenvalue weighted by Crippen LogP contribution is 2.23. The van der Waals surface area contributed by atoms with E-state index < -0.39 is 10.0 Å². The Kier molecular flexibility index (Phi) is 7.32. The topological polar surface area (TPSA) is 66.5 Å². The molecule has 0 amide bonds. The lowest BCUT2D eigenvalue weighted by Crippen LogP contribution is -2.32. The van der Waals surface area contributed by atoms with Gasteiger partial charge in [-0.05, 0) is 61.1 Å². The Bertz CT molecular complexity index is 991. The number of sulfonamides is 1. The minimum Gasteiger partial charge on any atom is -0.378 e. The molecule has 2 aromatic rings. The summed E-state index contributed by atoms with van der Waals surface area (Å²) >= 11 is 0. The van der Waals surface area contributed by atoms with Crippen LogP contribution in [0.1, 0.15) is 66.9 Å². The van der Waals surface area contributed by atoms with Gasteiger partial charge in [-0.25, -0.2) is 8.42 Å². The second-order valence-electron chi connectivity index (χ2n) is 8.35. The van der Waals surface area contributed by atoms with Crippen LogP contribution < -0.4 is 5.32 Å². The third kappa shape index (κ3) is 5.29. The summed E-state index contributed by atoms with van der Waals surface area (Å²) in [5.41, 5.74) is 3.78. The van der Waals surface area contributed by atoms with Gasteiger partial charge in [-0.1, -0.05) is 44.9 Å². The molecule has 6 heteroatoms. The van der Waals surface area contributed by atoms with E-state index in [1.54, 1.807) is 22.5 Å². The third-order valence-electron chi connectivity index (χ3n) is 5.70. The number of nitrogens with one attached hydrogen (secondary N) is 1. The van der Waals surface area contributed by atoms with Crippen molar-refractivity contribution in [1.82, 2.24) is 4.31 Å². The number of hydrogen-bond donors (Lipinski definition) is 1. The fourth-order valence-corrected chi connectivity index (χ4v) is 5.54. The van der Waals surface area contributed by atoms with E-state index in [9.17, 15) is 13.2 Å². The van der Waals surface area contributed by atoms with Crippen molar-refractivity contribution < 1.29 is 13.2 Å². The van der Waals surface area contributed by atoms with Crippen LogP contribution in [-0.2, 0) is 10.0 Å². The minimum atomic E-state index is -3.57. The first kappa shape index (κ1) is 22.5. The molecule has 0 atom stereocenters. The maximum atomic E-state index is 13.0. The first-order chi connectivity index (χ1) is 14.3. The van der Waals surface area contributed by atoms with E-state index in [4.69, 9.17) is 0 Å². The zero-order valence-electron chi connectivity index (χ0n) is 18.1. The number of anilines is 1. The number of ketones is 1. The Morgan fingerprint density at radius 1 is 1.03 bits per heavy atom. The van der Waals surface area contributed by atoms with E-state index in [0.717, 1.165) is 31.4 Å². The van der Waals surface area contributed by atoms with Crippen LogP contribution in [0.3, 0.4) is 0 Å². The molecule has 5 nitrogen and oxygen atoms in total. The number of carbonyl (C=O) groups excluding carboxylic acids is 1. The molecule has 0 spiro atoms. The molecule has 30 heavy (non-hydrogen) atoms. The Morgan fingerprint density at radius 3 is 2.37 bits per heavy atom. The van der Waals surface area contributed by atoms with Crippen LogP contribution in [-0.4, -0.2) is 38.1 Å². The largest absolute Gasteiger partial charge is 0.378 e. The molecule has 0 unspecified atom stereocenters. The molecule has 2 aromatic carbocycles. The number of hydrogen-bond acceptors (Lipinski definition) is 4. The molecule has 1 aliphatic rings. The molecule has 1 fully saturated rings. The molecule has 162 valence electrons. The number of rotatable bonds is 7. The highest BCUT2D eigenvalue weighted by atomic mass is 32.2. The second kappa shape index (κ2) is 9.75. The quantitative estimate of drug-likeness (QED) is 0.632. The monoisotopic (exact) mass is 428 g/mol. The van der Waals surface area contributed by atoms with Gasteiger partial charge >= 0.3 is 0 Å². The lowest BCUT2D eigenvalue weighted by molar-refractivity contribution is 0.101. The van der Waals surface area contributed by atoms with Crippen LogP contribution in [0.15, 0.2) is 47.4 Å². The van der Waals surface area contributed by atoms with Gasteiger partial charge in [0.15, 0.2) is 5.78 Å². The van der Waals surface area contributed by atoms with Crippen molar-refractivity contribution in [1.29, 1.82) is 0 Å². The van der Waals surface area contributed by atoms with E-state index in [1.165, 1.54) is 17.2 Å². The van der Waals surface area contributed by atoms with E-state index in [1.807, 2.05) is 12.1 Å². The maximum absolute atomic E-state index is 13.0. The molecule has 0 aliphatic carbocycles. The van der Waals surface area contributed by atoms with Gasteiger partial charge in [-0.2, -0.15) is 4.31 Å². The summed E-state index contributed by atoms with van der Waals surface area (Å²) in [5.74, 6) is 0.322. The number of nitrogens with zero attached hydrogens (tertiary/aromatic N) is 1. The molecule has 1 saturated heterocycles. The number of Topliss-reactive ketones (excluding diaryl/α,β-unsaturated/α-hetero) is 1. The molecule has 1 heterocycles. The predicted molar refractivity (Wildman–Crippen MR) is 122 cm³/mol. The summed E-state index contributed by atoms with van der Waals surface area (Å²) in [7, 11) is -3.57. The lowest BCUT2D eigenvalue weighted by Gasteiger charge is -2.20. The number of aryl methyl sites for hydroxylation is 1. The number of carbonyl (C=O) groups is 1. The summed E-state index contributed by atoms with van der Waals surface area (Å²) in [6.45, 7) is 7.60. The van der Waals surface area contributed by atoms with Crippen molar-refractivity contribution in [2.24, 2.45) is 0 Å². The maximum Gasteiger partial charge on any atom is 0.243 e. The number of benzene rings is 2. The van der Waals surface area contributed by atoms with Crippen LogP contribution in [0.5, 0.6) is 0 Å². The van der Waals surface area contributed by atoms with Gasteiger partial charge in [0.25, 0.3) is 0 Å². The average molecular weight is 429 g/mol. The van der Waals surface area contributed by atoms with E-state index >= 15 is 0 Å². The van der Waals surface area contributed by atoms with Crippen LogP contribution in [0.4, 0.5) is 5.69 Å². The van der Waals surface area contributed by atoms with Gasteiger partial charge in [0.05, 0.1) is 11.4 Å². The summed E-state index contributed by atoms with van der Waals surface area (Å²) in [5, 5.41) is 3.17. The van der Waals surface area contributed by atoms with Gasteiger partial charge in [0.1, 0.15) is 0 Å². The SMILES string of the molecule is Cc1cc(NCC(=O)c2cccc(S(=O)(=O)N3CCCCCC3)c2)ccc1C(C)C. The van der Waals surface area contributed by atoms with Crippen LogP contribution in [0, 0.1) is 6.92 Å². The van der Waals surface area contributed by atoms with Crippen molar-refractivity contribution in [2.75, 3.05) is 25.0 Å². The van der Waals surface area contributed by atoms with Gasteiger partial charge < -0.3 is 5.32 Å². The molecule has 0 aromatic heterocycles. The fourth-order valence-electron chi connectivity index (χ4n) is 3.98. The Morgan fingerprint density at radius 2 is 1.73 bits per heavy atom. The third-order valence-corrected chi connectivity index (χ3v) is 7.60. The molecular weight excluding hydrogens is 396 g/mol. The van der Waals surface area contributed by atoms with E-state index in [2.05, 4.69) is 32.2 Å². The van der Waals surface area contributed by atoms with Crippen molar-refractivity contribution >= 4 is 21.5 Å². The summed E-state index contributed by atoms with van der Waals surface area (Å²) in [6.07, 6.45) is 3.90. The van der Waals surface area contributed by atoms with Crippen LogP contribution in [0.2, 0.25) is 0 Å². The molecule has 1 aliphatic heterocycles. The van der Waals surface area contributed by atoms with Crippen molar-refractivity contribution in [3.63, 3.8) is 0 Å². The van der Waals surface area contributed by atoms with Gasteiger partial charge in [-0.3, -0.25) is 4.79 Å². The zero-order chi connectivity index (χ0) is 21.7. The summed E-state index contributed by atoms with van der Waals surface area (Å²) in [4.78, 5) is 12.9. The van der Waals surface area contributed by atoms with Crippen LogP contribution >= 0.6 is 0 Å². The smallest absolute Gasteiger partial charge is 0.243 e. The highest BCUT2D eigenvalue weighted by Gasteiger charge is 2.25. The molecule has 0 bridgehead atoms. The van der Waals surface area contributed by atoms with Crippen molar-refractivity contribution in [2.45, 2.75) is 57.3 Å². The first-order valence-electron chi connectivity index (χ1n) is 10.8. The fraction of sp³-hybridized carbons (Fsp3) is 0.458. The van der Waals surface area contributed by atoms with E-state index in [-0.39, 0.29) is 17.2 Å². The standard InChI is InChI=1S/C24H32N2O3S/c1-18(2)23-12-11-21(15-19(23)3)25-17-24(27)20-9-8-10-22(16-20)30(28,29)26-13-6-4-5-7-14-26/h8-12,15-16,18,25H,4-7,13-14,17H2,1-3H3. The highest BCUT2D eigenvalue weighted by molar-refractivity contribution is 7.89. The molecule has 0 saturated carbocycles. The van der Waals surface area contributed by atoms with Gasteiger partial charge in [0.2, 0.25) is 10.0 Å². The van der Waals surface area contributed by atoms with Gasteiger partial charge in [-0.15, -0.1) is 0 Å². The Labute approximate surface area is 180 Å². The molecule has 3 rings (SSSR count). The van der Waals surface area contributed by atoms with Crippen molar-refractivity contribution in [3.8, 4) is 0 Å². The summed E-state index contributed by atoms with van der Waals surface area (Å²) < 4.78 is 27.6. The normalized spacial score (nSPS) is 15.7. The Hall–Kier alpha value is -2.18. The first-order valence-corrected chi connectivity index (χ1v) is 12.2. The Balaban J connectivity index is 1.71. The minimum absolute atomic E-state index is 0.119. The van der Waals surface area contributed by atoms with Crippen LogP contribution in [0.25, 0.3) is 0 Å². The molecular formula is C24H32N2O3S. The zero-order valence-corrected chi connectivity index (χ0v) is 19.0. The van der Waals surface area contributed by atoms with E-state index in [0.29, 0.717) is 24.6 Å². The molecule has 0 radical (unpaired) electrons.